The van der Waals surface area contributed by atoms with Gasteiger partial charge in [-0.05, 0) is 37.0 Å². The van der Waals surface area contributed by atoms with Crippen molar-refractivity contribution in [2.24, 2.45) is 0 Å². The summed E-state index contributed by atoms with van der Waals surface area (Å²) in [6.07, 6.45) is 3.00. The lowest BCUT2D eigenvalue weighted by molar-refractivity contribution is -0.124. The molecule has 3 rings (SSSR count). The van der Waals surface area contributed by atoms with Crippen molar-refractivity contribution in [3.05, 3.63) is 71.5 Å². The highest BCUT2D eigenvalue weighted by atomic mass is 19.1. The van der Waals surface area contributed by atoms with Crippen molar-refractivity contribution >= 4 is 11.8 Å². The molecule has 0 spiro atoms. The second-order valence-electron chi connectivity index (χ2n) is 7.84. The second-order valence-corrected chi connectivity index (χ2v) is 7.84. The predicted molar refractivity (Wildman–Crippen MR) is 115 cm³/mol. The Morgan fingerprint density at radius 3 is 2.40 bits per heavy atom. The lowest BCUT2D eigenvalue weighted by atomic mass is 10.0. The number of likely N-dealkylation sites (tertiary alicyclic amines) is 1. The van der Waals surface area contributed by atoms with E-state index in [2.05, 4.69) is 27.7 Å². The van der Waals surface area contributed by atoms with Crippen molar-refractivity contribution in [2.45, 2.75) is 51.2 Å². The summed E-state index contributed by atoms with van der Waals surface area (Å²) in [5.74, 6) is -1.33. The second kappa shape index (κ2) is 10.9. The number of piperidine rings is 1. The highest BCUT2D eigenvalue weighted by molar-refractivity contribution is 5.97. The molecule has 1 fully saturated rings. The van der Waals surface area contributed by atoms with Crippen LogP contribution < -0.4 is 10.6 Å². The normalized spacial score (nSPS) is 16.1. The van der Waals surface area contributed by atoms with Gasteiger partial charge in [0.25, 0.3) is 5.91 Å². The van der Waals surface area contributed by atoms with Gasteiger partial charge in [-0.3, -0.25) is 14.5 Å². The molecule has 0 saturated carbocycles. The van der Waals surface area contributed by atoms with Crippen molar-refractivity contribution in [3.8, 4) is 0 Å². The molecule has 2 N–H and O–H groups in total. The number of nitrogens with zero attached hydrogens (tertiary/aromatic N) is 1. The summed E-state index contributed by atoms with van der Waals surface area (Å²) in [7, 11) is 0. The van der Waals surface area contributed by atoms with E-state index in [4.69, 9.17) is 0 Å². The van der Waals surface area contributed by atoms with Crippen molar-refractivity contribution in [1.82, 2.24) is 15.5 Å². The van der Waals surface area contributed by atoms with Gasteiger partial charge in [0.1, 0.15) is 11.9 Å². The Labute approximate surface area is 177 Å². The summed E-state index contributed by atoms with van der Waals surface area (Å²) < 4.78 is 13.9. The van der Waals surface area contributed by atoms with Crippen molar-refractivity contribution < 1.29 is 14.0 Å². The van der Waals surface area contributed by atoms with Gasteiger partial charge < -0.3 is 10.6 Å². The van der Waals surface area contributed by atoms with Gasteiger partial charge in [-0.2, -0.15) is 0 Å². The molecule has 1 aliphatic rings. The maximum Gasteiger partial charge on any atom is 0.254 e. The molecule has 160 valence electrons. The molecule has 6 heteroatoms. The number of benzene rings is 2. The third-order valence-electron chi connectivity index (χ3n) is 5.50. The smallest absolute Gasteiger partial charge is 0.254 e. The van der Waals surface area contributed by atoms with Crippen molar-refractivity contribution in [3.63, 3.8) is 0 Å². The van der Waals surface area contributed by atoms with Gasteiger partial charge in [-0.25, -0.2) is 4.39 Å². The van der Waals surface area contributed by atoms with E-state index in [1.807, 2.05) is 25.1 Å². The SMILES string of the molecule is CCCC(NC(=O)c1ccccc1F)C(=O)NC1CCN(Cc2ccccc2)CC1. The number of amides is 2. The summed E-state index contributed by atoms with van der Waals surface area (Å²) in [6.45, 7) is 4.70. The quantitative estimate of drug-likeness (QED) is 0.699. The predicted octanol–water partition coefficient (Wildman–Crippen LogP) is 3.51. The Balaban J connectivity index is 1.50. The monoisotopic (exact) mass is 411 g/mol. The van der Waals surface area contributed by atoms with Gasteiger partial charge in [0.2, 0.25) is 5.91 Å². The minimum absolute atomic E-state index is 0.0411. The minimum atomic E-state index is -0.663. The molecule has 30 heavy (non-hydrogen) atoms. The maximum absolute atomic E-state index is 13.9. The zero-order chi connectivity index (χ0) is 21.3. The lowest BCUT2D eigenvalue weighted by Gasteiger charge is -2.33. The first kappa shape index (κ1) is 22.0. The number of halogens is 1. The molecular weight excluding hydrogens is 381 g/mol. The molecule has 2 amide bonds. The molecule has 1 unspecified atom stereocenters. The first-order valence-electron chi connectivity index (χ1n) is 10.7. The fourth-order valence-electron chi connectivity index (χ4n) is 3.82. The third kappa shape index (κ3) is 6.13. The summed E-state index contributed by atoms with van der Waals surface area (Å²) in [6, 6.07) is 15.6. The zero-order valence-electron chi connectivity index (χ0n) is 17.4. The standard InChI is InChI=1S/C24H30FN3O2/c1-2-8-22(27-23(29)20-11-6-7-12-21(20)25)24(30)26-19-13-15-28(16-14-19)17-18-9-4-3-5-10-18/h3-7,9-12,19,22H,2,8,13-17H2,1H3,(H,26,30)(H,27,29). The van der Waals surface area contributed by atoms with E-state index in [0.29, 0.717) is 6.42 Å². The van der Waals surface area contributed by atoms with Gasteiger partial charge in [0.15, 0.2) is 0 Å². The Morgan fingerprint density at radius 2 is 1.73 bits per heavy atom. The van der Waals surface area contributed by atoms with Crippen LogP contribution in [0.5, 0.6) is 0 Å². The summed E-state index contributed by atoms with van der Waals surface area (Å²) in [5, 5.41) is 5.79. The van der Waals surface area contributed by atoms with Crippen LogP contribution >= 0.6 is 0 Å². The van der Waals surface area contributed by atoms with Crippen LogP contribution in [0.2, 0.25) is 0 Å². The van der Waals surface area contributed by atoms with Crippen LogP contribution in [0, 0.1) is 5.82 Å². The largest absolute Gasteiger partial charge is 0.351 e. The molecule has 2 aromatic rings. The number of carbonyl (C=O) groups is 2. The molecular formula is C24H30FN3O2. The fraction of sp³-hybridized carbons (Fsp3) is 0.417. The van der Waals surface area contributed by atoms with Crippen molar-refractivity contribution in [1.29, 1.82) is 0 Å². The van der Waals surface area contributed by atoms with E-state index in [9.17, 15) is 14.0 Å². The Bertz CT molecular complexity index is 835. The molecule has 1 aliphatic heterocycles. The molecule has 2 aromatic carbocycles. The van der Waals surface area contributed by atoms with Crippen LogP contribution in [0.3, 0.4) is 0 Å². The van der Waals surface area contributed by atoms with Crippen molar-refractivity contribution in [2.75, 3.05) is 13.1 Å². The van der Waals surface area contributed by atoms with Crippen LogP contribution in [0.25, 0.3) is 0 Å². The number of hydrogen-bond donors (Lipinski definition) is 2. The molecule has 1 saturated heterocycles. The lowest BCUT2D eigenvalue weighted by Crippen LogP contribution is -2.52. The number of rotatable bonds is 8. The van der Waals surface area contributed by atoms with E-state index in [0.717, 1.165) is 38.9 Å². The minimum Gasteiger partial charge on any atom is -0.351 e. The molecule has 1 heterocycles. The van der Waals surface area contributed by atoms with Crippen LogP contribution in [-0.4, -0.2) is 41.9 Å². The summed E-state index contributed by atoms with van der Waals surface area (Å²) >= 11 is 0. The number of nitrogens with one attached hydrogen (secondary N) is 2. The third-order valence-corrected chi connectivity index (χ3v) is 5.50. The van der Waals surface area contributed by atoms with Gasteiger partial charge in [-0.15, -0.1) is 0 Å². The van der Waals surface area contributed by atoms with E-state index >= 15 is 0 Å². The number of hydrogen-bond acceptors (Lipinski definition) is 3. The zero-order valence-corrected chi connectivity index (χ0v) is 17.4. The topological polar surface area (TPSA) is 61.4 Å². The molecule has 0 aromatic heterocycles. The molecule has 1 atom stereocenters. The van der Waals surface area contributed by atoms with Gasteiger partial charge >= 0.3 is 0 Å². The maximum atomic E-state index is 13.9. The average molecular weight is 412 g/mol. The first-order chi connectivity index (χ1) is 14.6. The summed E-state index contributed by atoms with van der Waals surface area (Å²) in [5.41, 5.74) is 1.25. The van der Waals surface area contributed by atoms with Gasteiger partial charge in [-0.1, -0.05) is 55.8 Å². The molecule has 5 nitrogen and oxygen atoms in total. The Kier molecular flexibility index (Phi) is 7.97. The summed E-state index contributed by atoms with van der Waals surface area (Å²) in [4.78, 5) is 27.6. The van der Waals surface area contributed by atoms with Crippen LogP contribution in [0.4, 0.5) is 4.39 Å². The molecule has 0 aliphatic carbocycles. The van der Waals surface area contributed by atoms with E-state index in [1.165, 1.54) is 23.8 Å². The Morgan fingerprint density at radius 1 is 1.07 bits per heavy atom. The average Bonchev–Trinajstić information content (AvgIpc) is 2.76. The van der Waals surface area contributed by atoms with Crippen LogP contribution in [0.1, 0.15) is 48.5 Å². The molecule has 0 bridgehead atoms. The van der Waals surface area contributed by atoms with E-state index < -0.39 is 17.8 Å². The van der Waals surface area contributed by atoms with Gasteiger partial charge in [0, 0.05) is 25.7 Å². The first-order valence-corrected chi connectivity index (χ1v) is 10.7. The fourth-order valence-corrected chi connectivity index (χ4v) is 3.82. The van der Waals surface area contributed by atoms with E-state index in [-0.39, 0.29) is 17.5 Å². The Hall–Kier alpha value is -2.73. The van der Waals surface area contributed by atoms with E-state index in [1.54, 1.807) is 6.07 Å². The highest BCUT2D eigenvalue weighted by Gasteiger charge is 2.26. The molecule has 0 radical (unpaired) electrons. The number of carbonyl (C=O) groups excluding carboxylic acids is 2. The van der Waals surface area contributed by atoms with Gasteiger partial charge in [0.05, 0.1) is 5.56 Å². The highest BCUT2D eigenvalue weighted by Crippen LogP contribution is 2.15. The van der Waals surface area contributed by atoms with Crippen LogP contribution in [-0.2, 0) is 11.3 Å². The van der Waals surface area contributed by atoms with Crippen LogP contribution in [0.15, 0.2) is 54.6 Å².